The predicted molar refractivity (Wildman–Crippen MR) is 88.1 cm³/mol. The molecule has 1 saturated heterocycles. The summed E-state index contributed by atoms with van der Waals surface area (Å²) < 4.78 is 7.85. The topological polar surface area (TPSA) is 75.9 Å². The van der Waals surface area contributed by atoms with E-state index in [1.807, 2.05) is 16.5 Å². The Bertz CT molecular complexity index is 772. The average molecular weight is 346 g/mol. The Labute approximate surface area is 143 Å². The molecule has 1 aromatic rings. The number of hydrogen-bond donors (Lipinski definition) is 0. The van der Waals surface area contributed by atoms with E-state index in [2.05, 4.69) is 20.2 Å². The number of ether oxygens (including phenoxy) is 1. The fourth-order valence-electron chi connectivity index (χ4n) is 3.82. The van der Waals surface area contributed by atoms with Crippen LogP contribution in [0.3, 0.4) is 0 Å². The molecule has 0 aliphatic carbocycles. The van der Waals surface area contributed by atoms with E-state index in [1.165, 1.54) is 11.8 Å². The summed E-state index contributed by atoms with van der Waals surface area (Å²) in [5.74, 6) is 0.0975. The first-order valence-corrected chi connectivity index (χ1v) is 9.04. The fourth-order valence-corrected chi connectivity index (χ4v) is 4.97. The van der Waals surface area contributed by atoms with Gasteiger partial charge in [-0.05, 0) is 25.1 Å². The first-order chi connectivity index (χ1) is 11.7. The van der Waals surface area contributed by atoms with Crippen LogP contribution in [0.25, 0.3) is 0 Å². The lowest BCUT2D eigenvalue weighted by atomic mass is 10.0. The van der Waals surface area contributed by atoms with Crippen LogP contribution in [0.2, 0.25) is 0 Å². The second-order valence-corrected chi connectivity index (χ2v) is 7.44. The minimum atomic E-state index is 0.0541. The summed E-state index contributed by atoms with van der Waals surface area (Å²) in [7, 11) is 0. The largest absolute Gasteiger partial charge is 0.370 e. The zero-order valence-electron chi connectivity index (χ0n) is 13.4. The maximum atomic E-state index is 13.0. The number of hydrogen-bond acceptors (Lipinski definition) is 7. The molecule has 0 N–H and O–H groups in total. The zero-order chi connectivity index (χ0) is 16.3. The Hall–Kier alpha value is -1.87. The van der Waals surface area contributed by atoms with Gasteiger partial charge in [0, 0.05) is 25.3 Å². The maximum Gasteiger partial charge on any atom is 0.262 e. The molecular formula is C15H18N6O2S. The second kappa shape index (κ2) is 5.32. The maximum absolute atomic E-state index is 13.0. The molecule has 1 fully saturated rings. The number of likely N-dealkylation sites (tertiary alicyclic amines) is 1. The molecule has 4 aliphatic heterocycles. The van der Waals surface area contributed by atoms with Gasteiger partial charge in [0.15, 0.2) is 5.17 Å². The number of allylic oxidation sites excluding steroid dienone is 1. The van der Waals surface area contributed by atoms with Crippen LogP contribution < -0.4 is 0 Å². The van der Waals surface area contributed by atoms with Crippen molar-refractivity contribution >= 4 is 22.8 Å². The number of piperidine rings is 1. The second-order valence-electron chi connectivity index (χ2n) is 6.46. The molecule has 0 radical (unpaired) electrons. The Morgan fingerprint density at radius 2 is 2.33 bits per heavy atom. The van der Waals surface area contributed by atoms with Crippen molar-refractivity contribution < 1.29 is 9.53 Å². The Morgan fingerprint density at radius 1 is 1.42 bits per heavy atom. The number of thioether (sulfide) groups is 1. The summed E-state index contributed by atoms with van der Waals surface area (Å²) in [5.41, 5.74) is 2.01. The number of fused-ring (bicyclic) bond motifs is 4. The van der Waals surface area contributed by atoms with Gasteiger partial charge in [0.1, 0.15) is 0 Å². The van der Waals surface area contributed by atoms with Gasteiger partial charge in [-0.25, -0.2) is 4.68 Å². The molecule has 0 unspecified atom stereocenters. The molecule has 0 saturated carbocycles. The van der Waals surface area contributed by atoms with E-state index in [0.717, 1.165) is 41.0 Å². The van der Waals surface area contributed by atoms with E-state index in [9.17, 15) is 4.79 Å². The number of carbonyl (C=O) groups excluding carboxylic acids is 1. The van der Waals surface area contributed by atoms with Crippen molar-refractivity contribution in [1.82, 2.24) is 24.8 Å². The van der Waals surface area contributed by atoms with Gasteiger partial charge >= 0.3 is 0 Å². The molecular weight excluding hydrogens is 328 g/mol. The van der Waals surface area contributed by atoms with Gasteiger partial charge in [0.25, 0.3) is 5.91 Å². The molecule has 5 rings (SSSR count). The van der Waals surface area contributed by atoms with Crippen LogP contribution in [-0.2, 0) is 16.1 Å². The van der Waals surface area contributed by atoms with Crippen LogP contribution in [0.15, 0.2) is 21.8 Å². The highest BCUT2D eigenvalue weighted by Crippen LogP contribution is 2.38. The summed E-state index contributed by atoms with van der Waals surface area (Å²) in [6, 6.07) is 0.0541. The lowest BCUT2D eigenvalue weighted by molar-refractivity contribution is -0.133. The van der Waals surface area contributed by atoms with Crippen LogP contribution >= 0.6 is 11.8 Å². The molecule has 4 aliphatic rings. The van der Waals surface area contributed by atoms with Crippen LogP contribution in [0.5, 0.6) is 0 Å². The first-order valence-electron chi connectivity index (χ1n) is 8.23. The van der Waals surface area contributed by atoms with E-state index in [1.54, 1.807) is 6.20 Å². The van der Waals surface area contributed by atoms with Gasteiger partial charge in [0.05, 0.1) is 42.1 Å². The number of amidine groups is 1. The Balaban J connectivity index is 1.38. The minimum Gasteiger partial charge on any atom is -0.370 e. The highest BCUT2D eigenvalue weighted by Gasteiger charge is 2.41. The fraction of sp³-hybridized carbons (Fsp3) is 0.600. The smallest absolute Gasteiger partial charge is 0.262 e. The SMILES string of the molecule is CC1=C(C(=O)N2CC[C@@H]3OCc4cnnn4[C@@H]3C2)SC2=NCCN21. The molecule has 2 atom stereocenters. The van der Waals surface area contributed by atoms with Gasteiger partial charge < -0.3 is 14.5 Å². The van der Waals surface area contributed by atoms with Crippen molar-refractivity contribution in [3.05, 3.63) is 22.5 Å². The Morgan fingerprint density at radius 3 is 3.21 bits per heavy atom. The van der Waals surface area contributed by atoms with E-state index in [-0.39, 0.29) is 18.1 Å². The third-order valence-corrected chi connectivity index (χ3v) is 6.34. The quantitative estimate of drug-likeness (QED) is 0.741. The Kier molecular flexibility index (Phi) is 3.21. The lowest BCUT2D eigenvalue weighted by Gasteiger charge is -2.41. The normalized spacial score (nSPS) is 28.6. The summed E-state index contributed by atoms with van der Waals surface area (Å²) >= 11 is 1.51. The number of carbonyl (C=O) groups is 1. The molecule has 1 aromatic heterocycles. The van der Waals surface area contributed by atoms with Gasteiger partial charge in [-0.3, -0.25) is 9.79 Å². The molecule has 9 heteroatoms. The molecule has 8 nitrogen and oxygen atoms in total. The van der Waals surface area contributed by atoms with Crippen LogP contribution in [0, 0.1) is 0 Å². The van der Waals surface area contributed by atoms with Crippen molar-refractivity contribution in [2.45, 2.75) is 32.1 Å². The monoisotopic (exact) mass is 346 g/mol. The van der Waals surface area contributed by atoms with Crippen molar-refractivity contribution in [3.63, 3.8) is 0 Å². The number of amides is 1. The summed E-state index contributed by atoms with van der Waals surface area (Å²) in [6.07, 6.45) is 2.68. The van der Waals surface area contributed by atoms with E-state index >= 15 is 0 Å². The first kappa shape index (κ1) is 14.5. The van der Waals surface area contributed by atoms with Crippen molar-refractivity contribution in [1.29, 1.82) is 0 Å². The van der Waals surface area contributed by atoms with E-state index in [0.29, 0.717) is 19.7 Å². The van der Waals surface area contributed by atoms with Gasteiger partial charge in [-0.15, -0.1) is 5.10 Å². The van der Waals surface area contributed by atoms with Gasteiger partial charge in [-0.2, -0.15) is 0 Å². The molecule has 0 bridgehead atoms. The lowest BCUT2D eigenvalue weighted by Crippen LogP contribution is -2.50. The minimum absolute atomic E-state index is 0.0541. The summed E-state index contributed by atoms with van der Waals surface area (Å²) in [6.45, 7) is 5.60. The van der Waals surface area contributed by atoms with E-state index in [4.69, 9.17) is 4.74 Å². The van der Waals surface area contributed by atoms with Crippen molar-refractivity contribution in [2.75, 3.05) is 26.2 Å². The third-order valence-electron chi connectivity index (χ3n) is 5.14. The molecule has 0 spiro atoms. The highest BCUT2D eigenvalue weighted by atomic mass is 32.2. The van der Waals surface area contributed by atoms with Crippen LogP contribution in [-0.4, -0.2) is 68.2 Å². The molecule has 126 valence electrons. The predicted octanol–water partition coefficient (Wildman–Crippen LogP) is 0.600. The number of aromatic nitrogens is 3. The molecule has 24 heavy (non-hydrogen) atoms. The van der Waals surface area contributed by atoms with E-state index < -0.39 is 0 Å². The molecule has 5 heterocycles. The van der Waals surface area contributed by atoms with Crippen molar-refractivity contribution in [3.8, 4) is 0 Å². The van der Waals surface area contributed by atoms with Gasteiger partial charge in [-0.1, -0.05) is 5.21 Å². The zero-order valence-corrected chi connectivity index (χ0v) is 14.2. The standard InChI is InChI=1S/C15H18N6O2S/c1-9-13(24-15-16-3-5-20(9)15)14(22)19-4-2-12-11(7-19)21-10(8-23-12)6-17-18-21/h6,11-12H,2-5,7-8H2,1H3/t11-,12+/m1/s1. The molecule has 0 aromatic carbocycles. The summed E-state index contributed by atoms with van der Waals surface area (Å²) in [4.78, 5) is 22.4. The number of aliphatic imine (C=N–C) groups is 1. The van der Waals surface area contributed by atoms with Gasteiger partial charge in [0.2, 0.25) is 0 Å². The van der Waals surface area contributed by atoms with Crippen LogP contribution in [0.1, 0.15) is 25.1 Å². The summed E-state index contributed by atoms with van der Waals surface area (Å²) in [5, 5.41) is 9.15. The number of nitrogens with zero attached hydrogens (tertiary/aromatic N) is 6. The molecule has 1 amide bonds. The van der Waals surface area contributed by atoms with Crippen molar-refractivity contribution in [2.24, 2.45) is 4.99 Å². The third kappa shape index (κ3) is 2.04. The van der Waals surface area contributed by atoms with Crippen LogP contribution in [0.4, 0.5) is 0 Å². The average Bonchev–Trinajstić information content (AvgIpc) is 3.31. The highest BCUT2D eigenvalue weighted by molar-refractivity contribution is 8.18. The number of rotatable bonds is 1.